The van der Waals surface area contributed by atoms with Gasteiger partial charge in [0.05, 0.1) is 44.5 Å². The Kier molecular flexibility index (Phi) is 24.2. The van der Waals surface area contributed by atoms with Crippen LogP contribution in [0.3, 0.4) is 0 Å². The van der Waals surface area contributed by atoms with Crippen molar-refractivity contribution >= 4 is 59.1 Å². The van der Waals surface area contributed by atoms with Gasteiger partial charge in [0, 0.05) is 34.3 Å². The van der Waals surface area contributed by atoms with Crippen LogP contribution in [0.4, 0.5) is 8.78 Å². The van der Waals surface area contributed by atoms with Gasteiger partial charge >= 0.3 is 11.9 Å². The molecule has 0 radical (unpaired) electrons. The first-order chi connectivity index (χ1) is 30.8. The summed E-state index contributed by atoms with van der Waals surface area (Å²) in [5, 5.41) is 33.0. The third-order valence-electron chi connectivity index (χ3n) is 10.4. The van der Waals surface area contributed by atoms with Gasteiger partial charge in [-0.25, -0.2) is 8.78 Å². The van der Waals surface area contributed by atoms with Gasteiger partial charge in [-0.2, -0.15) is 8.42 Å². The summed E-state index contributed by atoms with van der Waals surface area (Å²) in [5.41, 5.74) is 4.22. The molecule has 4 rings (SSSR count). The maximum absolute atomic E-state index is 14.2. The van der Waals surface area contributed by atoms with Crippen LogP contribution in [-0.2, 0) is 46.2 Å². The topological polar surface area (TPSA) is 169 Å². The second kappa shape index (κ2) is 28.3. The second-order valence-electron chi connectivity index (χ2n) is 16.2. The quantitative estimate of drug-likeness (QED) is 0.0218. The largest absolute Gasteiger partial charge is 0.466 e. The zero-order valence-electron chi connectivity index (χ0n) is 37.7. The van der Waals surface area contributed by atoms with Crippen molar-refractivity contribution in [1.29, 1.82) is 0 Å². The van der Waals surface area contributed by atoms with Crippen molar-refractivity contribution in [2.24, 2.45) is 23.7 Å². The van der Waals surface area contributed by atoms with Gasteiger partial charge in [0.1, 0.15) is 11.6 Å². The molecule has 0 fully saturated rings. The molecular formula is C47H61B2Cl2F2NO10S. The van der Waals surface area contributed by atoms with E-state index in [0.717, 1.165) is 22.9 Å². The van der Waals surface area contributed by atoms with E-state index in [1.807, 2.05) is 36.4 Å². The Morgan fingerprint density at radius 1 is 0.708 bits per heavy atom. The van der Waals surface area contributed by atoms with Gasteiger partial charge in [-0.05, 0) is 123 Å². The molecule has 11 nitrogen and oxygen atoms in total. The summed E-state index contributed by atoms with van der Waals surface area (Å²) in [4.78, 5) is 24.8. The van der Waals surface area contributed by atoms with Gasteiger partial charge in [-0.3, -0.25) is 13.8 Å². The van der Waals surface area contributed by atoms with E-state index in [0.29, 0.717) is 78.3 Å². The Morgan fingerprint density at radius 3 is 1.51 bits per heavy atom. The van der Waals surface area contributed by atoms with Crippen LogP contribution in [-0.4, -0.2) is 95.1 Å². The third-order valence-corrected chi connectivity index (χ3v) is 11.5. The molecule has 0 aromatic heterocycles. The van der Waals surface area contributed by atoms with E-state index in [2.05, 4.69) is 5.32 Å². The molecule has 0 amide bonds. The van der Waals surface area contributed by atoms with E-state index in [1.54, 1.807) is 51.8 Å². The predicted molar refractivity (Wildman–Crippen MR) is 256 cm³/mol. The van der Waals surface area contributed by atoms with Crippen LogP contribution in [0, 0.1) is 35.3 Å². The van der Waals surface area contributed by atoms with Gasteiger partial charge < -0.3 is 29.9 Å². The summed E-state index contributed by atoms with van der Waals surface area (Å²) in [7, 11) is -3.72. The van der Waals surface area contributed by atoms with Gasteiger partial charge in [-0.15, -0.1) is 0 Å². The fourth-order valence-electron chi connectivity index (χ4n) is 7.62. The lowest BCUT2D eigenvalue weighted by molar-refractivity contribution is -0.150. The standard InChI is InChI=1S/C24H32BClFNO4.C23H29BClFO6S/c1-3-32-24(30)20(16-28-10-11-29)13-18(15-25(2)31)12-17-4-6-19(7-5-17)22-14-21(26)8-9-23(22)27;1-4-31-23(27)19(15-32-33(3,29)30)12-17(14-24(2)28)11-16-5-7-18(8-6-16)21-13-20(25)9-10-22(21)26/h4-9,14,18,20,28-29,31H,3,10-13,15-16H2,1-2H3;5-10,13,17,19,28H,4,11-12,14-15H2,1-3H3/t18-,20+;17-,19+/m11/s1. The number of nitrogens with one attached hydrogen (secondary N) is 1. The fourth-order valence-corrected chi connectivity index (χ4v) is 8.37. The maximum Gasteiger partial charge on any atom is 0.311 e. The number of aliphatic hydroxyl groups excluding tert-OH is 1. The maximum atomic E-state index is 14.2. The fraction of sp³-hybridized carbons (Fsp3) is 0.447. The molecule has 4 N–H and O–H groups in total. The summed E-state index contributed by atoms with van der Waals surface area (Å²) in [6.07, 6.45) is 3.89. The summed E-state index contributed by atoms with van der Waals surface area (Å²) in [6.45, 7) is 6.66. The number of carbonyl (C=O) groups is 2. The number of benzene rings is 4. The summed E-state index contributed by atoms with van der Waals surface area (Å²) >= 11 is 12.0. The van der Waals surface area contributed by atoms with E-state index in [-0.39, 0.29) is 61.6 Å². The second-order valence-corrected chi connectivity index (χ2v) is 18.8. The normalized spacial score (nSPS) is 13.2. The zero-order chi connectivity index (χ0) is 48.1. The lowest BCUT2D eigenvalue weighted by Crippen LogP contribution is -2.34. The highest BCUT2D eigenvalue weighted by Crippen LogP contribution is 2.31. The van der Waals surface area contributed by atoms with Crippen LogP contribution < -0.4 is 5.32 Å². The minimum Gasteiger partial charge on any atom is -0.466 e. The van der Waals surface area contributed by atoms with Crippen molar-refractivity contribution in [2.75, 3.05) is 45.8 Å². The number of rotatable bonds is 25. The number of aliphatic hydroxyl groups is 1. The summed E-state index contributed by atoms with van der Waals surface area (Å²) in [6, 6.07) is 23.7. The van der Waals surface area contributed by atoms with E-state index in [9.17, 15) is 36.8 Å². The molecular weight excluding hydrogens is 901 g/mol. The first-order valence-electron chi connectivity index (χ1n) is 21.8. The molecule has 4 aromatic rings. The lowest BCUT2D eigenvalue weighted by Gasteiger charge is -2.23. The first kappa shape index (κ1) is 55.5. The predicted octanol–water partition coefficient (Wildman–Crippen LogP) is 8.53. The Morgan fingerprint density at radius 2 is 1.12 bits per heavy atom. The smallest absolute Gasteiger partial charge is 0.311 e. The average Bonchev–Trinajstić information content (AvgIpc) is 3.24. The van der Waals surface area contributed by atoms with Gasteiger partial charge in [0.2, 0.25) is 0 Å². The molecule has 0 aliphatic heterocycles. The van der Waals surface area contributed by atoms with Crippen molar-refractivity contribution in [3.05, 3.63) is 118 Å². The van der Waals surface area contributed by atoms with Crippen molar-refractivity contribution < 1.29 is 55.6 Å². The molecule has 0 aliphatic rings. The summed E-state index contributed by atoms with van der Waals surface area (Å²) in [5.74, 6) is -2.77. The molecule has 4 atom stereocenters. The Labute approximate surface area is 393 Å². The number of esters is 2. The molecule has 18 heteroatoms. The molecule has 0 heterocycles. The number of carbonyl (C=O) groups excluding carboxylic acids is 2. The van der Waals surface area contributed by atoms with Crippen molar-refractivity contribution in [3.63, 3.8) is 0 Å². The van der Waals surface area contributed by atoms with Crippen LogP contribution in [0.15, 0.2) is 84.9 Å². The van der Waals surface area contributed by atoms with Crippen molar-refractivity contribution in [2.45, 2.75) is 65.8 Å². The van der Waals surface area contributed by atoms with Crippen LogP contribution in [0.5, 0.6) is 0 Å². The van der Waals surface area contributed by atoms with E-state index in [1.165, 1.54) is 24.3 Å². The number of halogens is 4. The number of hydrogen-bond acceptors (Lipinski definition) is 11. The Balaban J connectivity index is 0.000000345. The molecule has 0 saturated carbocycles. The van der Waals surface area contributed by atoms with Gasteiger partial charge in [0.25, 0.3) is 23.9 Å². The lowest BCUT2D eigenvalue weighted by atomic mass is 9.62. The van der Waals surface area contributed by atoms with Gasteiger partial charge in [-0.1, -0.05) is 85.4 Å². The molecule has 0 saturated heterocycles. The van der Waals surface area contributed by atoms with E-state index in [4.69, 9.17) is 42.0 Å². The Bertz CT molecular complexity index is 2190. The molecule has 0 unspecified atom stereocenters. The van der Waals surface area contributed by atoms with E-state index < -0.39 is 35.8 Å². The molecule has 0 spiro atoms. The van der Waals surface area contributed by atoms with Crippen LogP contribution in [0.2, 0.25) is 36.3 Å². The molecule has 354 valence electrons. The highest BCUT2D eigenvalue weighted by molar-refractivity contribution is 7.86. The average molecular weight is 963 g/mol. The minimum absolute atomic E-state index is 0.00772. The van der Waals surface area contributed by atoms with Crippen molar-refractivity contribution in [1.82, 2.24) is 5.32 Å². The van der Waals surface area contributed by atoms with Gasteiger partial charge in [0.15, 0.2) is 0 Å². The van der Waals surface area contributed by atoms with Crippen LogP contribution in [0.25, 0.3) is 22.3 Å². The SMILES string of the molecule is CCOC(=O)[C@H](CNCCO)C[C@H](CB(C)O)Cc1ccc(-c2cc(Cl)ccc2F)cc1.CCOC(=O)[C@H](COS(C)(=O)=O)C[C@H](CB(C)O)Cc1ccc(-c2cc(Cl)ccc2F)cc1. The van der Waals surface area contributed by atoms with Crippen LogP contribution in [0.1, 0.15) is 37.8 Å². The van der Waals surface area contributed by atoms with E-state index >= 15 is 0 Å². The minimum atomic E-state index is -3.72. The van der Waals surface area contributed by atoms with Crippen molar-refractivity contribution in [3.8, 4) is 22.3 Å². The third kappa shape index (κ3) is 20.7. The molecule has 0 bridgehead atoms. The number of ether oxygens (including phenoxy) is 2. The van der Waals surface area contributed by atoms with Crippen LogP contribution >= 0.6 is 23.2 Å². The summed E-state index contributed by atoms with van der Waals surface area (Å²) < 4.78 is 66.3. The highest BCUT2D eigenvalue weighted by atomic mass is 35.5. The molecule has 0 aliphatic carbocycles. The first-order valence-corrected chi connectivity index (χ1v) is 24.3. The Hall–Kier alpha value is -3.86. The molecule has 4 aromatic carbocycles. The number of hydrogen-bond donors (Lipinski definition) is 4. The zero-order valence-corrected chi connectivity index (χ0v) is 40.0. The highest BCUT2D eigenvalue weighted by Gasteiger charge is 2.29. The monoisotopic (exact) mass is 961 g/mol. The molecule has 65 heavy (non-hydrogen) atoms.